The van der Waals surface area contributed by atoms with Crippen LogP contribution in [0.2, 0.25) is 0 Å². The Balaban J connectivity index is -0.0000000400. The van der Waals surface area contributed by atoms with E-state index in [2.05, 4.69) is 19.8 Å². The van der Waals surface area contributed by atoms with Crippen molar-refractivity contribution in [2.45, 2.75) is 13.8 Å². The Labute approximate surface area is 55.1 Å². The van der Waals surface area contributed by atoms with Gasteiger partial charge in [-0.2, -0.15) is 13.8 Å². The fourth-order valence-electron chi connectivity index (χ4n) is 0. The van der Waals surface area contributed by atoms with Crippen LogP contribution in [0.1, 0.15) is 13.8 Å². The Morgan fingerprint density at radius 3 is 1.43 bits per heavy atom. The maximum atomic E-state index is 4.13. The van der Waals surface area contributed by atoms with E-state index in [0.717, 1.165) is 0 Å². The van der Waals surface area contributed by atoms with Crippen molar-refractivity contribution in [3.8, 4) is 0 Å². The fourth-order valence-corrected chi connectivity index (χ4v) is 0. The van der Waals surface area contributed by atoms with Crippen molar-refractivity contribution >= 4 is 0 Å². The summed E-state index contributed by atoms with van der Waals surface area (Å²) < 4.78 is 3.06. The maximum absolute atomic E-state index is 4.13. The van der Waals surface area contributed by atoms with E-state index in [1.54, 1.807) is 7.05 Å². The van der Waals surface area contributed by atoms with Gasteiger partial charge >= 0.3 is 26.8 Å². The molecule has 0 N–H and O–H groups in total. The molecular formula is C5H13CuN-2. The van der Waals surface area contributed by atoms with Crippen LogP contribution < -0.4 is 0 Å². The minimum absolute atomic E-state index is 0. The molecule has 0 bridgehead atoms. The molecule has 2 heteroatoms. The van der Waals surface area contributed by atoms with E-state index < -0.39 is 0 Å². The third-order valence-electron chi connectivity index (χ3n) is 0. The molecule has 0 fully saturated rings. The predicted molar refractivity (Wildman–Crippen MR) is 30.4 cm³/mol. The van der Waals surface area contributed by atoms with Gasteiger partial charge < -0.3 is 13.8 Å². The zero-order valence-corrected chi connectivity index (χ0v) is 6.27. The van der Waals surface area contributed by atoms with Crippen molar-refractivity contribution in [1.29, 1.82) is 0 Å². The van der Waals surface area contributed by atoms with Gasteiger partial charge in [0.25, 0.3) is 0 Å². The predicted octanol–water partition coefficient (Wildman–Crippen LogP) is 2.03. The molecule has 0 aliphatic rings. The van der Waals surface area contributed by atoms with Gasteiger partial charge in [-0.15, -0.1) is 0 Å². The molecule has 51 valence electrons. The summed E-state index contributed by atoms with van der Waals surface area (Å²) in [5.74, 6) is 0. The minimum atomic E-state index is 0. The number of nitrogens with zero attached hydrogens (tertiary/aromatic N) is 1. The van der Waals surface area contributed by atoms with Gasteiger partial charge in [-0.1, -0.05) is 0 Å². The monoisotopic (exact) mass is 150 g/mol. The molecule has 0 heterocycles. The van der Waals surface area contributed by atoms with Crippen molar-refractivity contribution in [3.63, 3.8) is 0 Å². The second-order valence-corrected chi connectivity index (χ2v) is 1.13. The van der Waals surface area contributed by atoms with Crippen LogP contribution in [0, 0.1) is 13.8 Å². The summed E-state index contributed by atoms with van der Waals surface area (Å²) in [5.41, 5.74) is 0. The van der Waals surface area contributed by atoms with E-state index in [0.29, 0.717) is 0 Å². The second kappa shape index (κ2) is 33.2. The molecule has 0 saturated heterocycles. The SMILES string of the molecule is C[CH-]C.C[N]=[Cu].[CH3-]. The van der Waals surface area contributed by atoms with Crippen LogP contribution in [0.15, 0.2) is 3.96 Å². The van der Waals surface area contributed by atoms with Gasteiger partial charge in [-0.3, -0.25) is 0 Å². The molecule has 0 unspecified atom stereocenters. The van der Waals surface area contributed by atoms with Crippen LogP contribution in [0.5, 0.6) is 0 Å². The van der Waals surface area contributed by atoms with E-state index in [4.69, 9.17) is 0 Å². The first-order valence-electron chi connectivity index (χ1n) is 1.74. The largest absolute Gasteiger partial charge is 0.358 e. The van der Waals surface area contributed by atoms with E-state index in [1.807, 2.05) is 20.3 Å². The second-order valence-electron chi connectivity index (χ2n) is 0.712. The molecule has 0 atom stereocenters. The molecule has 7 heavy (non-hydrogen) atoms. The van der Waals surface area contributed by atoms with Crippen molar-refractivity contribution in [2.24, 2.45) is 3.96 Å². The fraction of sp³-hybridized carbons (Fsp3) is 0.600. The summed E-state index contributed by atoms with van der Waals surface area (Å²) >= 11 is 4.13. The van der Waals surface area contributed by atoms with Crippen LogP contribution in [0.4, 0.5) is 0 Å². The topological polar surface area (TPSA) is 12.4 Å². The molecule has 0 rings (SSSR count). The molecule has 0 aliphatic carbocycles. The molecule has 1 nitrogen and oxygen atoms in total. The zero-order valence-electron chi connectivity index (χ0n) is 5.33. The number of rotatable bonds is 0. The van der Waals surface area contributed by atoms with E-state index in [1.165, 1.54) is 0 Å². The van der Waals surface area contributed by atoms with Gasteiger partial charge in [0.2, 0.25) is 0 Å². The molecule has 0 aromatic rings. The first-order chi connectivity index (χ1) is 2.83. The Bertz CT molecular complexity index is 22.0. The average molecular weight is 151 g/mol. The molecule has 0 aromatic heterocycles. The number of hydrogen-bond donors (Lipinski definition) is 0. The van der Waals surface area contributed by atoms with Crippen LogP contribution in [-0.4, -0.2) is 7.05 Å². The first-order valence-corrected chi connectivity index (χ1v) is 2.16. The Hall–Kier alpha value is 0.319. The third-order valence-corrected chi connectivity index (χ3v) is 0. The van der Waals surface area contributed by atoms with E-state index in [-0.39, 0.29) is 7.43 Å². The van der Waals surface area contributed by atoms with Crippen molar-refractivity contribution in [3.05, 3.63) is 13.8 Å². The standard InChI is InChI=1S/C3H7.CH3N.CH3.Cu/c1-3-2;1-2;;/h3H,1-2H3;1H3;1H3;/q-1;;-1;. The summed E-state index contributed by atoms with van der Waals surface area (Å²) in [6.45, 7) is 4.00. The van der Waals surface area contributed by atoms with Gasteiger partial charge in [-0.25, -0.2) is 0 Å². The van der Waals surface area contributed by atoms with E-state index in [9.17, 15) is 0 Å². The van der Waals surface area contributed by atoms with Gasteiger partial charge in [0, 0.05) is 0 Å². The molecule has 0 spiro atoms. The summed E-state index contributed by atoms with van der Waals surface area (Å²) in [6.07, 6.45) is 2.00. The maximum Gasteiger partial charge on any atom is -0.358 e. The summed E-state index contributed by atoms with van der Waals surface area (Å²) in [6, 6.07) is 0. The van der Waals surface area contributed by atoms with Gasteiger partial charge in [-0.05, 0) is 0 Å². The molecule has 0 radical (unpaired) electrons. The van der Waals surface area contributed by atoms with Crippen LogP contribution >= 0.6 is 0 Å². The van der Waals surface area contributed by atoms with Crippen LogP contribution in [0.3, 0.4) is 0 Å². The third kappa shape index (κ3) is 1160. The van der Waals surface area contributed by atoms with Crippen molar-refractivity contribution in [1.82, 2.24) is 0 Å². The van der Waals surface area contributed by atoms with Crippen LogP contribution in [0.25, 0.3) is 0 Å². The van der Waals surface area contributed by atoms with E-state index >= 15 is 0 Å². The van der Waals surface area contributed by atoms with Gasteiger partial charge in [0.05, 0.1) is 0 Å². The summed E-state index contributed by atoms with van der Waals surface area (Å²) in [7, 11) is 1.56. The normalized spacial score (nSPS) is 4.71. The molecule has 0 amide bonds. The molecular weight excluding hydrogens is 138 g/mol. The smallest absolute Gasteiger partial charge is 0.358 e. The van der Waals surface area contributed by atoms with Gasteiger partial charge in [0.15, 0.2) is 0 Å². The molecule has 0 aliphatic heterocycles. The summed E-state index contributed by atoms with van der Waals surface area (Å²) in [5, 5.41) is 0. The van der Waals surface area contributed by atoms with Crippen molar-refractivity contribution < 1.29 is 15.8 Å². The van der Waals surface area contributed by atoms with Gasteiger partial charge in [0.1, 0.15) is 0 Å². The Kier molecular flexibility index (Phi) is 74.4. The molecule has 0 saturated carbocycles. The minimum Gasteiger partial charge on any atom is -0.358 e. The number of hydrogen-bond acceptors (Lipinski definition) is 1. The quantitative estimate of drug-likeness (QED) is 0.370. The molecule has 0 aromatic carbocycles. The van der Waals surface area contributed by atoms with Crippen molar-refractivity contribution in [2.75, 3.05) is 7.05 Å². The van der Waals surface area contributed by atoms with Crippen LogP contribution in [-0.2, 0) is 15.8 Å². The first kappa shape index (κ1) is 15.7. The zero-order chi connectivity index (χ0) is 5.41. The Morgan fingerprint density at radius 2 is 1.43 bits per heavy atom. The Morgan fingerprint density at radius 1 is 1.43 bits per heavy atom. The summed E-state index contributed by atoms with van der Waals surface area (Å²) in [4.78, 5) is 0. The average Bonchev–Trinajstić information content (AvgIpc) is 1.39.